The fraction of sp³-hybridized carbons (Fsp3) is 0.300. The number of rotatable bonds is 8. The molecule has 0 amide bonds. The molecule has 1 aromatic heterocycles. The number of Topliss-reactive ketones (excluding diaryl/α,β-unsaturated/α-hetero) is 1. The molecule has 0 bridgehead atoms. The molecule has 40 heavy (non-hydrogen) atoms. The van der Waals surface area contributed by atoms with Crippen molar-refractivity contribution in [3.63, 3.8) is 0 Å². The molecule has 1 saturated heterocycles. The molecule has 10 heteroatoms. The van der Waals surface area contributed by atoms with Crippen molar-refractivity contribution >= 4 is 22.4 Å². The molecule has 208 valence electrons. The fourth-order valence-electron chi connectivity index (χ4n) is 5.48. The Bertz CT molecular complexity index is 1510. The van der Waals surface area contributed by atoms with E-state index in [-0.39, 0.29) is 53.5 Å². The highest BCUT2D eigenvalue weighted by atomic mass is 19.4. The second kappa shape index (κ2) is 10.9. The fourth-order valence-corrected chi connectivity index (χ4v) is 5.48. The third-order valence-electron chi connectivity index (χ3n) is 7.66. The minimum Gasteiger partial charge on any atom is -0.375 e. The third-order valence-corrected chi connectivity index (χ3v) is 7.66. The molecular weight excluding hydrogens is 523 g/mol. The Morgan fingerprint density at radius 1 is 0.975 bits per heavy atom. The summed E-state index contributed by atoms with van der Waals surface area (Å²) in [7, 11) is 0. The van der Waals surface area contributed by atoms with Gasteiger partial charge >= 0.3 is 6.18 Å². The molecule has 1 fully saturated rings. The van der Waals surface area contributed by atoms with Crippen LogP contribution in [-0.4, -0.2) is 51.1 Å². The Morgan fingerprint density at radius 2 is 1.60 bits per heavy atom. The number of carbonyl (C=O) groups excluding carboxylic acids is 1. The monoisotopic (exact) mass is 551 g/mol. The quantitative estimate of drug-likeness (QED) is 0.166. The molecule has 0 aliphatic carbocycles. The number of aliphatic hydroxyl groups is 1. The van der Waals surface area contributed by atoms with Crippen LogP contribution in [0.5, 0.6) is 0 Å². The second-order valence-electron chi connectivity index (χ2n) is 10.3. The molecule has 1 atom stereocenters. The molecule has 0 saturated carbocycles. The zero-order valence-corrected chi connectivity index (χ0v) is 21.6. The summed E-state index contributed by atoms with van der Waals surface area (Å²) in [6, 6.07) is 21.5. The van der Waals surface area contributed by atoms with Gasteiger partial charge in [0.1, 0.15) is 0 Å². The molecule has 1 unspecified atom stereocenters. The highest BCUT2D eigenvalue weighted by Crippen LogP contribution is 2.44. The second-order valence-corrected chi connectivity index (χ2v) is 10.3. The van der Waals surface area contributed by atoms with Crippen LogP contribution in [0.4, 0.5) is 18.9 Å². The minimum absolute atomic E-state index is 0.0306. The van der Waals surface area contributed by atoms with Crippen LogP contribution in [0.15, 0.2) is 85.1 Å². The maximum atomic E-state index is 14.7. The molecule has 3 aromatic carbocycles. The molecule has 4 aromatic rings. The van der Waals surface area contributed by atoms with E-state index >= 15 is 0 Å². The molecule has 0 radical (unpaired) electrons. The number of halogens is 3. The zero-order valence-electron chi connectivity index (χ0n) is 21.6. The lowest BCUT2D eigenvalue weighted by Gasteiger charge is -2.38. The van der Waals surface area contributed by atoms with Crippen molar-refractivity contribution in [1.82, 2.24) is 9.47 Å². The Morgan fingerprint density at radius 3 is 2.20 bits per heavy atom. The highest BCUT2D eigenvalue weighted by Gasteiger charge is 2.57. The van der Waals surface area contributed by atoms with Crippen LogP contribution in [0.2, 0.25) is 0 Å². The zero-order chi connectivity index (χ0) is 28.5. The number of ketones is 1. The number of hydrogen-bond acceptors (Lipinski definition) is 5. The van der Waals surface area contributed by atoms with Crippen LogP contribution in [-0.2, 0) is 12.1 Å². The molecular formula is C30H28F3N3O4. The van der Waals surface area contributed by atoms with Gasteiger partial charge in [0, 0.05) is 53.9 Å². The van der Waals surface area contributed by atoms with E-state index in [0.29, 0.717) is 18.4 Å². The van der Waals surface area contributed by atoms with Crippen LogP contribution >= 0.6 is 0 Å². The van der Waals surface area contributed by atoms with Gasteiger partial charge < -0.3 is 9.67 Å². The van der Waals surface area contributed by atoms with Crippen LogP contribution in [0.3, 0.4) is 0 Å². The highest BCUT2D eigenvalue weighted by molar-refractivity contribution is 5.97. The van der Waals surface area contributed by atoms with Crippen molar-refractivity contribution in [2.45, 2.75) is 31.2 Å². The third kappa shape index (κ3) is 5.37. The number of nitro benzene ring substituents is 1. The molecule has 0 spiro atoms. The molecule has 1 N–H and O–H groups in total. The van der Waals surface area contributed by atoms with E-state index in [1.165, 1.54) is 27.8 Å². The normalized spacial score (nSPS) is 16.6. The van der Waals surface area contributed by atoms with Gasteiger partial charge in [0.2, 0.25) is 5.60 Å². The van der Waals surface area contributed by atoms with E-state index in [1.54, 1.807) is 48.5 Å². The van der Waals surface area contributed by atoms with Gasteiger partial charge in [0.05, 0.1) is 10.4 Å². The number of aromatic nitrogens is 1. The van der Waals surface area contributed by atoms with Gasteiger partial charge in [-0.25, -0.2) is 0 Å². The van der Waals surface area contributed by atoms with Gasteiger partial charge in [-0.3, -0.25) is 19.8 Å². The topological polar surface area (TPSA) is 88.6 Å². The van der Waals surface area contributed by atoms with Crippen molar-refractivity contribution < 1.29 is 28.0 Å². The maximum Gasteiger partial charge on any atom is 0.422 e. The Balaban J connectivity index is 1.46. The average Bonchev–Trinajstić information content (AvgIpc) is 3.31. The first-order valence-electron chi connectivity index (χ1n) is 13.0. The first-order valence-corrected chi connectivity index (χ1v) is 13.0. The number of nitro groups is 1. The smallest absolute Gasteiger partial charge is 0.375 e. The van der Waals surface area contributed by atoms with Crippen molar-refractivity contribution in [2.75, 3.05) is 19.6 Å². The van der Waals surface area contributed by atoms with Gasteiger partial charge in [-0.15, -0.1) is 0 Å². The van der Waals surface area contributed by atoms with Gasteiger partial charge in [-0.2, -0.15) is 13.2 Å². The predicted octanol–water partition coefficient (Wildman–Crippen LogP) is 5.94. The van der Waals surface area contributed by atoms with Crippen LogP contribution < -0.4 is 0 Å². The standard InChI is InChI=1S/C30H28F3N3O4/c31-30(32,33)29(38,20-34-15-13-23(14-16-34)28(37)22-9-5-2-6-10-22)26-19-35(18-21-7-3-1-4-8-21)27-17-24(36(39)40)11-12-25(26)27/h1-12,17,19,23,38H,13-16,18,20H2. The van der Waals surface area contributed by atoms with Crippen LogP contribution in [0.25, 0.3) is 10.9 Å². The first kappa shape index (κ1) is 27.5. The Labute approximate surface area is 228 Å². The lowest BCUT2D eigenvalue weighted by molar-refractivity contribution is -0.384. The summed E-state index contributed by atoms with van der Waals surface area (Å²) in [5.74, 6) is -0.331. The number of fused-ring (bicyclic) bond motifs is 1. The van der Waals surface area contributed by atoms with E-state index < -0.39 is 23.2 Å². The van der Waals surface area contributed by atoms with Gasteiger partial charge in [0.15, 0.2) is 5.78 Å². The number of non-ortho nitro benzene ring substituents is 1. The maximum absolute atomic E-state index is 14.7. The summed E-state index contributed by atoms with van der Waals surface area (Å²) < 4.78 is 45.6. The van der Waals surface area contributed by atoms with Crippen molar-refractivity contribution in [3.8, 4) is 0 Å². The van der Waals surface area contributed by atoms with Crippen molar-refractivity contribution in [2.24, 2.45) is 5.92 Å². The molecule has 1 aliphatic rings. The van der Waals surface area contributed by atoms with E-state index in [1.807, 2.05) is 12.1 Å². The number of benzene rings is 3. The molecule has 7 nitrogen and oxygen atoms in total. The number of β-amino-alcohol motifs (C(OH)–C–C–N with tert-alkyl or cyclic N) is 1. The predicted molar refractivity (Wildman–Crippen MR) is 144 cm³/mol. The number of likely N-dealkylation sites (tertiary alicyclic amines) is 1. The lowest BCUT2D eigenvalue weighted by atomic mass is 9.87. The summed E-state index contributed by atoms with van der Waals surface area (Å²) in [5, 5.41) is 22.9. The van der Waals surface area contributed by atoms with Gasteiger partial charge in [-0.05, 0) is 37.6 Å². The molecule has 1 aliphatic heterocycles. The van der Waals surface area contributed by atoms with E-state index in [0.717, 1.165) is 11.6 Å². The largest absolute Gasteiger partial charge is 0.422 e. The molecule has 2 heterocycles. The summed E-state index contributed by atoms with van der Waals surface area (Å²) in [6.07, 6.45) is -3.02. The van der Waals surface area contributed by atoms with Crippen molar-refractivity contribution in [1.29, 1.82) is 0 Å². The number of piperidine rings is 1. The van der Waals surface area contributed by atoms with Gasteiger partial charge in [0.25, 0.3) is 5.69 Å². The molecule has 5 rings (SSSR count). The van der Waals surface area contributed by atoms with Crippen LogP contribution in [0, 0.1) is 16.0 Å². The van der Waals surface area contributed by atoms with E-state index in [2.05, 4.69) is 0 Å². The van der Waals surface area contributed by atoms with Gasteiger partial charge in [-0.1, -0.05) is 60.7 Å². The summed E-state index contributed by atoms with van der Waals surface area (Å²) >= 11 is 0. The summed E-state index contributed by atoms with van der Waals surface area (Å²) in [4.78, 5) is 25.2. The minimum atomic E-state index is -5.03. The first-order chi connectivity index (χ1) is 19.1. The van der Waals surface area contributed by atoms with Crippen molar-refractivity contribution in [3.05, 3.63) is 112 Å². The summed E-state index contributed by atoms with van der Waals surface area (Å²) in [5.41, 5.74) is -2.26. The van der Waals surface area contributed by atoms with Crippen LogP contribution in [0.1, 0.15) is 34.3 Å². The number of hydrogen-bond donors (Lipinski definition) is 1. The number of carbonyl (C=O) groups is 1. The SMILES string of the molecule is O=C(c1ccccc1)C1CCN(CC(O)(c2cn(Cc3ccccc3)c3cc([N+](=O)[O-])ccc23)C(F)(F)F)CC1. The van der Waals surface area contributed by atoms with E-state index in [9.17, 15) is 33.2 Å². The number of nitrogens with zero attached hydrogens (tertiary/aromatic N) is 3. The number of alkyl halides is 3. The van der Waals surface area contributed by atoms with E-state index in [4.69, 9.17) is 0 Å². The Hall–Kier alpha value is -4.02. The lowest BCUT2D eigenvalue weighted by Crippen LogP contribution is -2.52. The Kier molecular flexibility index (Phi) is 7.48. The average molecular weight is 552 g/mol. The summed E-state index contributed by atoms with van der Waals surface area (Å²) in [6.45, 7) is -0.116.